The van der Waals surface area contributed by atoms with Crippen molar-refractivity contribution in [2.45, 2.75) is 46.2 Å². The van der Waals surface area contributed by atoms with E-state index in [1.165, 1.54) is 0 Å². The van der Waals surface area contributed by atoms with Crippen molar-refractivity contribution in [3.8, 4) is 0 Å². The largest absolute Gasteiger partial charge is 0.352 e. The molecule has 1 saturated heterocycles. The number of rotatable bonds is 6. The van der Waals surface area contributed by atoms with E-state index in [2.05, 4.69) is 22.5 Å². The lowest BCUT2D eigenvalue weighted by Gasteiger charge is -2.31. The third-order valence-electron chi connectivity index (χ3n) is 7.33. The number of benzene rings is 1. The Kier molecular flexibility index (Phi) is 6.73. The highest BCUT2D eigenvalue weighted by molar-refractivity contribution is 6.00. The number of carbonyl (C=O) groups excluding carboxylic acids is 3. The van der Waals surface area contributed by atoms with Crippen LogP contribution in [0.25, 0.3) is 16.4 Å². The van der Waals surface area contributed by atoms with E-state index >= 15 is 0 Å². The number of likely N-dealkylation sites (tertiary alicyclic amines) is 1. The summed E-state index contributed by atoms with van der Waals surface area (Å²) in [5, 5.41) is 6.90. The minimum absolute atomic E-state index is 0.0308. The minimum Gasteiger partial charge on any atom is -0.352 e. The third-order valence-corrected chi connectivity index (χ3v) is 7.33. The van der Waals surface area contributed by atoms with Crippen LogP contribution in [0, 0.1) is 11.3 Å². The van der Waals surface area contributed by atoms with Crippen molar-refractivity contribution in [3.63, 3.8) is 0 Å². The summed E-state index contributed by atoms with van der Waals surface area (Å²) >= 11 is 0. The molecule has 4 heterocycles. The van der Waals surface area contributed by atoms with E-state index in [-0.39, 0.29) is 23.8 Å². The maximum absolute atomic E-state index is 13.4. The van der Waals surface area contributed by atoms with Gasteiger partial charge in [0.2, 0.25) is 5.91 Å². The molecule has 3 amide bonds. The van der Waals surface area contributed by atoms with Gasteiger partial charge in [-0.05, 0) is 48.1 Å². The van der Waals surface area contributed by atoms with Crippen molar-refractivity contribution in [2.75, 3.05) is 13.1 Å². The number of nitrogens with zero attached hydrogens (tertiary/aromatic N) is 2. The molecule has 5 rings (SSSR count). The summed E-state index contributed by atoms with van der Waals surface area (Å²) in [6, 6.07) is 16.3. The summed E-state index contributed by atoms with van der Waals surface area (Å²) in [6.45, 7) is 8.87. The lowest BCUT2D eigenvalue weighted by atomic mass is 9.86. The quantitative estimate of drug-likeness (QED) is 0.360. The van der Waals surface area contributed by atoms with Gasteiger partial charge in [0, 0.05) is 47.9 Å². The fourth-order valence-corrected chi connectivity index (χ4v) is 5.33. The molecule has 4 aromatic rings. The van der Waals surface area contributed by atoms with Gasteiger partial charge in [-0.15, -0.1) is 0 Å². The Hall–Kier alpha value is -4.07. The molecule has 38 heavy (non-hydrogen) atoms. The standard InChI is InChI=1S/C30H35N5O3/c1-19-13-23(35(17-19)29(38)21-14-22-10-7-8-12-34(22)18-21)16-31-28(37)26(30(2,3)4)33-27(36)25-15-20-9-5-6-11-24(20)32-25/h5-12,14-15,18-19,23,26,32H,13,16-17H2,1-4H3,(H,31,37)(H,33,36)/t19-,23-,26+/m0/s1. The number of fused-ring (bicyclic) bond motifs is 2. The Labute approximate surface area is 222 Å². The SMILES string of the molecule is C[C@H]1C[C@@H](CNC(=O)[C@@H](NC(=O)c2cc3ccccc3[nH]2)C(C)(C)C)N(C(=O)c2cc3ccccn3c2)C1. The fraction of sp³-hybridized carbons (Fsp3) is 0.367. The molecule has 0 bridgehead atoms. The first-order chi connectivity index (χ1) is 18.1. The summed E-state index contributed by atoms with van der Waals surface area (Å²) in [4.78, 5) is 44.9. The van der Waals surface area contributed by atoms with Gasteiger partial charge >= 0.3 is 0 Å². The van der Waals surface area contributed by atoms with Crippen LogP contribution in [0.5, 0.6) is 0 Å². The van der Waals surface area contributed by atoms with Gasteiger partial charge in [-0.25, -0.2) is 0 Å². The number of nitrogens with one attached hydrogen (secondary N) is 3. The van der Waals surface area contributed by atoms with Crippen LogP contribution in [0.1, 0.15) is 55.0 Å². The maximum Gasteiger partial charge on any atom is 0.268 e. The van der Waals surface area contributed by atoms with Gasteiger partial charge in [0.1, 0.15) is 11.7 Å². The number of para-hydroxylation sites is 1. The number of aromatic nitrogens is 2. The Bertz CT molecular complexity index is 1430. The highest BCUT2D eigenvalue weighted by atomic mass is 16.2. The smallest absolute Gasteiger partial charge is 0.268 e. The Morgan fingerprint density at radius 3 is 2.58 bits per heavy atom. The van der Waals surface area contributed by atoms with E-state index in [4.69, 9.17) is 0 Å². The van der Waals surface area contributed by atoms with E-state index in [9.17, 15) is 14.4 Å². The van der Waals surface area contributed by atoms with Gasteiger partial charge in [0.15, 0.2) is 0 Å². The van der Waals surface area contributed by atoms with Crippen molar-refractivity contribution >= 4 is 34.1 Å². The maximum atomic E-state index is 13.4. The molecule has 3 N–H and O–H groups in total. The van der Waals surface area contributed by atoms with Crippen molar-refractivity contribution in [1.82, 2.24) is 24.9 Å². The molecular formula is C30H35N5O3. The van der Waals surface area contributed by atoms with Gasteiger partial charge in [0.25, 0.3) is 11.8 Å². The predicted octanol–water partition coefficient (Wildman–Crippen LogP) is 4.23. The molecule has 3 atom stereocenters. The van der Waals surface area contributed by atoms with Crippen LogP contribution in [0.15, 0.2) is 67.0 Å². The highest BCUT2D eigenvalue weighted by Crippen LogP contribution is 2.26. The second-order valence-electron chi connectivity index (χ2n) is 11.5. The first-order valence-electron chi connectivity index (χ1n) is 13.1. The molecule has 0 saturated carbocycles. The molecule has 1 aliphatic heterocycles. The minimum atomic E-state index is -0.749. The van der Waals surface area contributed by atoms with Crippen LogP contribution in [0.2, 0.25) is 0 Å². The number of H-pyrrole nitrogens is 1. The predicted molar refractivity (Wildman–Crippen MR) is 148 cm³/mol. The molecule has 0 spiro atoms. The lowest BCUT2D eigenvalue weighted by Crippen LogP contribution is -2.55. The van der Waals surface area contributed by atoms with Gasteiger partial charge in [-0.1, -0.05) is 52.0 Å². The van der Waals surface area contributed by atoms with Crippen molar-refractivity contribution < 1.29 is 14.4 Å². The Balaban J connectivity index is 1.27. The van der Waals surface area contributed by atoms with E-state index < -0.39 is 11.5 Å². The number of hydrogen-bond donors (Lipinski definition) is 3. The van der Waals surface area contributed by atoms with E-state index in [0.29, 0.717) is 30.3 Å². The van der Waals surface area contributed by atoms with E-state index in [0.717, 1.165) is 22.8 Å². The second kappa shape index (κ2) is 10.0. The molecule has 1 fully saturated rings. The van der Waals surface area contributed by atoms with Gasteiger partial charge in [-0.2, -0.15) is 0 Å². The topological polar surface area (TPSA) is 98.7 Å². The summed E-state index contributed by atoms with van der Waals surface area (Å²) < 4.78 is 1.94. The van der Waals surface area contributed by atoms with Crippen LogP contribution in [-0.2, 0) is 4.79 Å². The monoisotopic (exact) mass is 513 g/mol. The molecule has 8 heteroatoms. The molecule has 1 aliphatic rings. The fourth-order valence-electron chi connectivity index (χ4n) is 5.33. The van der Waals surface area contributed by atoms with Gasteiger partial charge < -0.3 is 24.9 Å². The molecule has 0 aliphatic carbocycles. The zero-order valence-electron chi connectivity index (χ0n) is 22.3. The van der Waals surface area contributed by atoms with E-state index in [1.807, 2.05) is 91.0 Å². The summed E-state index contributed by atoms with van der Waals surface area (Å²) in [7, 11) is 0. The number of aromatic amines is 1. The van der Waals surface area contributed by atoms with Crippen molar-refractivity contribution in [2.24, 2.45) is 11.3 Å². The van der Waals surface area contributed by atoms with Crippen LogP contribution < -0.4 is 10.6 Å². The summed E-state index contributed by atoms with van der Waals surface area (Å²) in [5.41, 5.74) is 2.36. The van der Waals surface area contributed by atoms with Gasteiger partial charge in [0.05, 0.1) is 5.56 Å². The molecule has 1 aromatic carbocycles. The van der Waals surface area contributed by atoms with Gasteiger partial charge in [-0.3, -0.25) is 14.4 Å². The average Bonchev–Trinajstić information content (AvgIpc) is 3.60. The lowest BCUT2D eigenvalue weighted by molar-refractivity contribution is -0.125. The number of amides is 3. The van der Waals surface area contributed by atoms with Crippen LogP contribution >= 0.6 is 0 Å². The molecule has 3 aromatic heterocycles. The van der Waals surface area contributed by atoms with Crippen LogP contribution in [-0.4, -0.2) is 57.2 Å². The molecule has 8 nitrogen and oxygen atoms in total. The van der Waals surface area contributed by atoms with Crippen molar-refractivity contribution in [1.29, 1.82) is 0 Å². The number of hydrogen-bond acceptors (Lipinski definition) is 3. The molecule has 0 unspecified atom stereocenters. The zero-order chi connectivity index (χ0) is 27.0. The van der Waals surface area contributed by atoms with Crippen LogP contribution in [0.3, 0.4) is 0 Å². The zero-order valence-corrected chi connectivity index (χ0v) is 22.3. The first-order valence-corrected chi connectivity index (χ1v) is 13.1. The number of pyridine rings is 1. The Morgan fingerprint density at radius 1 is 1.08 bits per heavy atom. The Morgan fingerprint density at radius 2 is 1.84 bits per heavy atom. The highest BCUT2D eigenvalue weighted by Gasteiger charge is 2.37. The summed E-state index contributed by atoms with van der Waals surface area (Å²) in [5.74, 6) is -0.290. The van der Waals surface area contributed by atoms with Crippen molar-refractivity contribution in [3.05, 3.63) is 78.2 Å². The molecule has 0 radical (unpaired) electrons. The van der Waals surface area contributed by atoms with E-state index in [1.54, 1.807) is 6.07 Å². The number of carbonyl (C=O) groups is 3. The van der Waals surface area contributed by atoms with Crippen LogP contribution in [0.4, 0.5) is 0 Å². The molecular weight excluding hydrogens is 478 g/mol. The molecule has 198 valence electrons. The first kappa shape index (κ1) is 25.6. The summed E-state index contributed by atoms with van der Waals surface area (Å²) in [6.07, 6.45) is 4.58. The third kappa shape index (κ3) is 5.16. The second-order valence-corrected chi connectivity index (χ2v) is 11.5. The average molecular weight is 514 g/mol. The normalized spacial score (nSPS) is 18.6.